The van der Waals surface area contributed by atoms with E-state index in [1.165, 1.54) is 18.0 Å². The molecule has 31 heavy (non-hydrogen) atoms. The number of hydrogen-bond donors (Lipinski definition) is 1. The van der Waals surface area contributed by atoms with Gasteiger partial charge in [0.05, 0.1) is 17.7 Å². The number of nitrogens with zero attached hydrogens (tertiary/aromatic N) is 4. The average molecular weight is 425 g/mol. The summed E-state index contributed by atoms with van der Waals surface area (Å²) in [6.07, 6.45) is 1.31. The molecule has 0 unspecified atom stereocenters. The molecule has 0 amide bonds. The fourth-order valence-corrected chi connectivity index (χ4v) is 2.76. The molecule has 0 aliphatic rings. The number of esters is 2. The monoisotopic (exact) mass is 425 g/mol. The van der Waals surface area contributed by atoms with Crippen LogP contribution in [0.2, 0.25) is 0 Å². The second kappa shape index (κ2) is 8.82. The van der Waals surface area contributed by atoms with E-state index >= 15 is 0 Å². The summed E-state index contributed by atoms with van der Waals surface area (Å²) in [4.78, 5) is 33.5. The van der Waals surface area contributed by atoms with Gasteiger partial charge in [0.25, 0.3) is 0 Å². The first-order valence-electron chi connectivity index (χ1n) is 9.40. The number of benzene rings is 1. The Labute approximate surface area is 178 Å². The van der Waals surface area contributed by atoms with E-state index in [4.69, 9.17) is 15.2 Å². The topological polar surface area (TPSA) is 130 Å². The van der Waals surface area contributed by atoms with Gasteiger partial charge in [0.15, 0.2) is 17.2 Å². The molecule has 10 heteroatoms. The van der Waals surface area contributed by atoms with Gasteiger partial charge in [-0.2, -0.15) is 5.10 Å². The van der Waals surface area contributed by atoms with Crippen LogP contribution in [0.5, 0.6) is 5.75 Å². The standard InChI is InChI=1S/C21H23N5O5/c1-21(2,3)31-17(27)11-15-9-10-16(19-23-12-24-26(15)19)30-20(28)14-7-5-13(6-8-14)18(22)25-29-4/h5-10,12H,11H2,1-4H3,(H2,22,25). The van der Waals surface area contributed by atoms with Crippen molar-refractivity contribution in [2.45, 2.75) is 32.8 Å². The predicted octanol–water partition coefficient (Wildman–Crippen LogP) is 2.10. The van der Waals surface area contributed by atoms with E-state index < -0.39 is 17.5 Å². The molecule has 162 valence electrons. The Morgan fingerprint density at radius 1 is 1.10 bits per heavy atom. The third kappa shape index (κ3) is 5.35. The molecule has 0 radical (unpaired) electrons. The van der Waals surface area contributed by atoms with Crippen molar-refractivity contribution in [1.29, 1.82) is 0 Å². The highest BCUT2D eigenvalue weighted by molar-refractivity contribution is 5.98. The minimum atomic E-state index is -0.594. The molecule has 0 spiro atoms. The highest BCUT2D eigenvalue weighted by Gasteiger charge is 2.20. The molecule has 2 heterocycles. The Morgan fingerprint density at radius 2 is 1.77 bits per heavy atom. The van der Waals surface area contributed by atoms with Gasteiger partial charge in [-0.1, -0.05) is 17.3 Å². The van der Waals surface area contributed by atoms with Crippen molar-refractivity contribution in [3.05, 3.63) is 59.5 Å². The quantitative estimate of drug-likeness (QED) is 0.275. The third-order valence-corrected chi connectivity index (χ3v) is 4.02. The highest BCUT2D eigenvalue weighted by atomic mass is 16.6. The molecule has 2 N–H and O–H groups in total. The lowest BCUT2D eigenvalue weighted by molar-refractivity contribution is -0.154. The molecule has 0 aliphatic heterocycles. The van der Waals surface area contributed by atoms with Crippen molar-refractivity contribution in [3.63, 3.8) is 0 Å². The summed E-state index contributed by atoms with van der Waals surface area (Å²) in [5.74, 6) is -0.586. The van der Waals surface area contributed by atoms with Gasteiger partial charge in [-0.25, -0.2) is 14.3 Å². The van der Waals surface area contributed by atoms with Gasteiger partial charge in [-0.15, -0.1) is 0 Å². The number of rotatable bonds is 6. The first-order valence-corrected chi connectivity index (χ1v) is 9.40. The molecule has 2 aromatic heterocycles. The van der Waals surface area contributed by atoms with Crippen LogP contribution in [0.3, 0.4) is 0 Å². The molecule has 3 aromatic rings. The van der Waals surface area contributed by atoms with E-state index in [1.54, 1.807) is 57.2 Å². The van der Waals surface area contributed by atoms with Crippen LogP contribution >= 0.6 is 0 Å². The lowest BCUT2D eigenvalue weighted by Crippen LogP contribution is -2.25. The highest BCUT2D eigenvalue weighted by Crippen LogP contribution is 2.21. The molecule has 0 atom stereocenters. The van der Waals surface area contributed by atoms with Crippen LogP contribution < -0.4 is 10.5 Å². The Bertz CT molecular complexity index is 1130. The van der Waals surface area contributed by atoms with E-state index in [2.05, 4.69) is 20.1 Å². The van der Waals surface area contributed by atoms with E-state index in [-0.39, 0.29) is 18.0 Å². The normalized spacial score (nSPS) is 11.9. The van der Waals surface area contributed by atoms with Gasteiger partial charge in [0, 0.05) is 5.56 Å². The maximum atomic E-state index is 12.6. The zero-order valence-electron chi connectivity index (χ0n) is 17.7. The molecule has 10 nitrogen and oxygen atoms in total. The van der Waals surface area contributed by atoms with E-state index in [1.807, 2.05) is 0 Å². The smallest absolute Gasteiger partial charge is 0.343 e. The van der Waals surface area contributed by atoms with Crippen LogP contribution in [0.1, 0.15) is 42.4 Å². The largest absolute Gasteiger partial charge is 0.460 e. The molecule has 0 saturated heterocycles. The second-order valence-corrected chi connectivity index (χ2v) is 7.57. The summed E-state index contributed by atoms with van der Waals surface area (Å²) in [5, 5.41) is 7.77. The Balaban J connectivity index is 1.78. The molecule has 0 bridgehead atoms. The van der Waals surface area contributed by atoms with Gasteiger partial charge in [-0.05, 0) is 45.0 Å². The molecule has 1 aromatic carbocycles. The molecule has 3 rings (SSSR count). The SMILES string of the molecule is CON=C(N)c1ccc(C(=O)Oc2ccc(CC(=O)OC(C)(C)C)n3ncnc23)cc1. The molecule has 0 fully saturated rings. The maximum absolute atomic E-state index is 12.6. The van der Waals surface area contributed by atoms with Crippen molar-refractivity contribution in [1.82, 2.24) is 14.6 Å². The van der Waals surface area contributed by atoms with Crippen LogP contribution in [-0.4, -0.2) is 45.1 Å². The molecule has 0 aliphatic carbocycles. The number of fused-ring (bicyclic) bond motifs is 1. The van der Waals surface area contributed by atoms with Crippen molar-refractivity contribution >= 4 is 23.4 Å². The number of aromatic nitrogens is 3. The average Bonchev–Trinajstić information content (AvgIpc) is 3.19. The summed E-state index contributed by atoms with van der Waals surface area (Å²) in [6.45, 7) is 5.39. The van der Waals surface area contributed by atoms with Gasteiger partial charge in [0.2, 0.25) is 0 Å². The maximum Gasteiger partial charge on any atom is 0.343 e. The first kappa shape index (κ1) is 21.8. The van der Waals surface area contributed by atoms with E-state index in [0.717, 1.165) is 0 Å². The number of hydrogen-bond acceptors (Lipinski definition) is 8. The van der Waals surface area contributed by atoms with Gasteiger partial charge >= 0.3 is 11.9 Å². The second-order valence-electron chi connectivity index (χ2n) is 7.57. The molecule has 0 saturated carbocycles. The summed E-state index contributed by atoms with van der Waals surface area (Å²) < 4.78 is 12.3. The van der Waals surface area contributed by atoms with Crippen LogP contribution in [0.15, 0.2) is 47.9 Å². The molecular weight excluding hydrogens is 402 g/mol. The van der Waals surface area contributed by atoms with Crippen LogP contribution in [-0.2, 0) is 20.8 Å². The summed E-state index contributed by atoms with van der Waals surface area (Å²) >= 11 is 0. The van der Waals surface area contributed by atoms with Crippen LogP contribution in [0.25, 0.3) is 5.65 Å². The number of nitrogens with two attached hydrogens (primary N) is 1. The van der Waals surface area contributed by atoms with Gasteiger partial charge in [0.1, 0.15) is 19.0 Å². The number of carbonyl (C=O) groups is 2. The summed E-state index contributed by atoms with van der Waals surface area (Å²) in [7, 11) is 1.39. The zero-order valence-corrected chi connectivity index (χ0v) is 17.7. The number of ether oxygens (including phenoxy) is 2. The van der Waals surface area contributed by atoms with Crippen LogP contribution in [0, 0.1) is 0 Å². The zero-order chi connectivity index (χ0) is 22.6. The van der Waals surface area contributed by atoms with Crippen LogP contribution in [0.4, 0.5) is 0 Å². The Kier molecular flexibility index (Phi) is 6.19. The van der Waals surface area contributed by atoms with Gasteiger partial charge < -0.3 is 20.0 Å². The lowest BCUT2D eigenvalue weighted by atomic mass is 10.1. The summed E-state index contributed by atoms with van der Waals surface area (Å²) in [6, 6.07) is 9.59. The fourth-order valence-electron chi connectivity index (χ4n) is 2.76. The van der Waals surface area contributed by atoms with E-state index in [9.17, 15) is 9.59 Å². The van der Waals surface area contributed by atoms with Gasteiger partial charge in [-0.3, -0.25) is 4.79 Å². The predicted molar refractivity (Wildman–Crippen MR) is 112 cm³/mol. The minimum absolute atomic E-state index is 0.00271. The fraction of sp³-hybridized carbons (Fsp3) is 0.286. The lowest BCUT2D eigenvalue weighted by Gasteiger charge is -2.19. The number of carbonyl (C=O) groups excluding carboxylic acids is 2. The number of pyridine rings is 1. The third-order valence-electron chi connectivity index (χ3n) is 4.02. The van der Waals surface area contributed by atoms with Crippen molar-refractivity contribution in [2.24, 2.45) is 10.9 Å². The number of amidine groups is 1. The molecular formula is C21H23N5O5. The van der Waals surface area contributed by atoms with Crippen molar-refractivity contribution in [3.8, 4) is 5.75 Å². The minimum Gasteiger partial charge on any atom is -0.460 e. The first-order chi connectivity index (χ1) is 14.7. The Hall–Kier alpha value is -3.95. The number of oxime groups is 1. The van der Waals surface area contributed by atoms with E-state index in [0.29, 0.717) is 22.5 Å². The Morgan fingerprint density at radius 3 is 2.42 bits per heavy atom. The van der Waals surface area contributed by atoms with Crippen molar-refractivity contribution in [2.75, 3.05) is 7.11 Å². The van der Waals surface area contributed by atoms with Crippen molar-refractivity contribution < 1.29 is 23.9 Å². The summed E-state index contributed by atoms with van der Waals surface area (Å²) in [5.41, 5.74) is 6.93.